The van der Waals surface area contributed by atoms with Crippen LogP contribution in [0.5, 0.6) is 0 Å². The van der Waals surface area contributed by atoms with Gasteiger partial charge in [-0.25, -0.2) is 4.98 Å². The fourth-order valence-electron chi connectivity index (χ4n) is 2.70. The number of imidazole rings is 1. The van der Waals surface area contributed by atoms with E-state index < -0.39 is 6.04 Å². The maximum atomic E-state index is 12.7. The first-order valence-electron chi connectivity index (χ1n) is 8.55. The molecule has 7 heteroatoms. The highest BCUT2D eigenvalue weighted by molar-refractivity contribution is 7.12. The fourth-order valence-corrected chi connectivity index (χ4v) is 3.33. The lowest BCUT2D eigenvalue weighted by Gasteiger charge is -2.23. The van der Waals surface area contributed by atoms with Crippen LogP contribution in [0.4, 0.5) is 0 Å². The number of H-pyrrole nitrogens is 1. The average molecular weight is 370 g/mol. The highest BCUT2D eigenvalue weighted by Crippen LogP contribution is 2.16. The topological polar surface area (TPSA) is 86.9 Å². The van der Waals surface area contributed by atoms with Crippen molar-refractivity contribution < 1.29 is 9.59 Å². The highest BCUT2D eigenvalue weighted by Gasteiger charge is 2.26. The van der Waals surface area contributed by atoms with Crippen molar-refractivity contribution in [2.45, 2.75) is 32.9 Å². The number of fused-ring (bicyclic) bond motifs is 1. The minimum absolute atomic E-state index is 0.0400. The summed E-state index contributed by atoms with van der Waals surface area (Å²) in [6, 6.07) is 10.4. The van der Waals surface area contributed by atoms with Gasteiger partial charge in [-0.1, -0.05) is 32.0 Å². The SMILES string of the molecule is CC(C)[C@H](NC(=O)c1cccs1)C(=O)N[C@@H](C)c1nc2ccccc2[nH]1. The van der Waals surface area contributed by atoms with E-state index in [1.54, 1.807) is 6.07 Å². The van der Waals surface area contributed by atoms with Crippen LogP contribution in [0.15, 0.2) is 41.8 Å². The summed E-state index contributed by atoms with van der Waals surface area (Å²) in [5.41, 5.74) is 1.78. The van der Waals surface area contributed by atoms with Gasteiger partial charge >= 0.3 is 0 Å². The van der Waals surface area contributed by atoms with Gasteiger partial charge in [0.15, 0.2) is 0 Å². The summed E-state index contributed by atoms with van der Waals surface area (Å²) in [4.78, 5) is 33.4. The van der Waals surface area contributed by atoms with Crippen LogP contribution in [0.25, 0.3) is 11.0 Å². The molecule has 2 aromatic heterocycles. The van der Waals surface area contributed by atoms with Crippen molar-refractivity contribution in [1.82, 2.24) is 20.6 Å². The van der Waals surface area contributed by atoms with E-state index >= 15 is 0 Å². The molecule has 2 amide bonds. The Morgan fingerprint density at radius 1 is 1.08 bits per heavy atom. The minimum atomic E-state index is -0.614. The molecule has 3 aromatic rings. The second-order valence-corrected chi connectivity index (χ2v) is 7.49. The lowest BCUT2D eigenvalue weighted by molar-refractivity contribution is -0.124. The molecule has 3 N–H and O–H groups in total. The van der Waals surface area contributed by atoms with Gasteiger partial charge in [-0.2, -0.15) is 0 Å². The number of amides is 2. The van der Waals surface area contributed by atoms with Gasteiger partial charge in [-0.3, -0.25) is 9.59 Å². The first kappa shape index (κ1) is 18.1. The van der Waals surface area contributed by atoms with Crippen LogP contribution < -0.4 is 10.6 Å². The van der Waals surface area contributed by atoms with E-state index in [4.69, 9.17) is 0 Å². The number of hydrogen-bond donors (Lipinski definition) is 3. The van der Waals surface area contributed by atoms with E-state index in [0.29, 0.717) is 10.7 Å². The normalized spacial score (nSPS) is 13.5. The van der Waals surface area contributed by atoms with Crippen LogP contribution in [0.3, 0.4) is 0 Å². The molecule has 0 bridgehead atoms. The van der Waals surface area contributed by atoms with Crippen molar-refractivity contribution in [1.29, 1.82) is 0 Å². The molecule has 0 aliphatic rings. The molecule has 2 atom stereocenters. The molecule has 26 heavy (non-hydrogen) atoms. The number of nitrogens with one attached hydrogen (secondary N) is 3. The molecule has 0 saturated heterocycles. The molecule has 2 heterocycles. The molecule has 0 saturated carbocycles. The first-order chi connectivity index (χ1) is 12.5. The Bertz CT molecular complexity index is 868. The van der Waals surface area contributed by atoms with E-state index in [-0.39, 0.29) is 23.8 Å². The van der Waals surface area contributed by atoms with Gasteiger partial charge in [0.1, 0.15) is 11.9 Å². The summed E-state index contributed by atoms with van der Waals surface area (Å²) in [6.45, 7) is 5.68. The fraction of sp³-hybridized carbons (Fsp3) is 0.316. The molecule has 0 spiro atoms. The van der Waals surface area contributed by atoms with Gasteiger partial charge in [0.25, 0.3) is 5.91 Å². The lowest BCUT2D eigenvalue weighted by atomic mass is 10.0. The van der Waals surface area contributed by atoms with Gasteiger partial charge in [0, 0.05) is 0 Å². The summed E-state index contributed by atoms with van der Waals surface area (Å²) in [5, 5.41) is 7.61. The van der Waals surface area contributed by atoms with E-state index in [1.807, 2.05) is 56.5 Å². The number of aromatic amines is 1. The quantitative estimate of drug-likeness (QED) is 0.622. The molecular weight excluding hydrogens is 348 g/mol. The van der Waals surface area contributed by atoms with Crippen molar-refractivity contribution in [3.8, 4) is 0 Å². The first-order valence-corrected chi connectivity index (χ1v) is 9.43. The van der Waals surface area contributed by atoms with Crippen LogP contribution in [-0.4, -0.2) is 27.8 Å². The number of aromatic nitrogens is 2. The third-order valence-electron chi connectivity index (χ3n) is 4.16. The number of thiophene rings is 1. The van der Waals surface area contributed by atoms with E-state index in [2.05, 4.69) is 20.6 Å². The molecule has 0 aliphatic heterocycles. The smallest absolute Gasteiger partial charge is 0.262 e. The van der Waals surface area contributed by atoms with Crippen LogP contribution in [0, 0.1) is 5.92 Å². The monoisotopic (exact) mass is 370 g/mol. The Hall–Kier alpha value is -2.67. The van der Waals surface area contributed by atoms with Crippen LogP contribution in [0.2, 0.25) is 0 Å². The Morgan fingerprint density at radius 3 is 2.50 bits per heavy atom. The van der Waals surface area contributed by atoms with Gasteiger partial charge in [0.05, 0.1) is 22.0 Å². The lowest BCUT2D eigenvalue weighted by Crippen LogP contribution is -2.50. The second kappa shape index (κ2) is 7.70. The molecule has 0 aliphatic carbocycles. The van der Waals surface area contributed by atoms with Crippen molar-refractivity contribution in [2.24, 2.45) is 5.92 Å². The van der Waals surface area contributed by atoms with Crippen molar-refractivity contribution >= 4 is 34.2 Å². The zero-order valence-electron chi connectivity index (χ0n) is 14.9. The molecule has 136 valence electrons. The number of hydrogen-bond acceptors (Lipinski definition) is 4. The molecule has 0 radical (unpaired) electrons. The zero-order valence-corrected chi connectivity index (χ0v) is 15.8. The summed E-state index contributed by atoms with van der Waals surface area (Å²) < 4.78 is 0. The highest BCUT2D eigenvalue weighted by atomic mass is 32.1. The van der Waals surface area contributed by atoms with Crippen LogP contribution in [0.1, 0.15) is 42.3 Å². The Morgan fingerprint density at radius 2 is 1.85 bits per heavy atom. The molecule has 0 fully saturated rings. The molecule has 1 aromatic carbocycles. The number of benzene rings is 1. The number of nitrogens with zero attached hydrogens (tertiary/aromatic N) is 1. The molecular formula is C19H22N4O2S. The minimum Gasteiger partial charge on any atom is -0.345 e. The zero-order chi connectivity index (χ0) is 18.7. The number of para-hydroxylation sites is 2. The summed E-state index contributed by atoms with van der Waals surface area (Å²) in [5.74, 6) is 0.191. The van der Waals surface area contributed by atoms with Crippen LogP contribution >= 0.6 is 11.3 Å². The maximum absolute atomic E-state index is 12.7. The van der Waals surface area contributed by atoms with Crippen molar-refractivity contribution in [3.05, 3.63) is 52.5 Å². The summed E-state index contributed by atoms with van der Waals surface area (Å²) in [6.07, 6.45) is 0. The molecule has 0 unspecified atom stereocenters. The average Bonchev–Trinajstić information content (AvgIpc) is 3.28. The summed E-state index contributed by atoms with van der Waals surface area (Å²) in [7, 11) is 0. The van der Waals surface area contributed by atoms with Gasteiger partial charge < -0.3 is 15.6 Å². The predicted molar refractivity (Wildman–Crippen MR) is 103 cm³/mol. The Kier molecular flexibility index (Phi) is 5.37. The Labute approximate surface area is 156 Å². The van der Waals surface area contributed by atoms with Gasteiger partial charge in [-0.15, -0.1) is 11.3 Å². The second-order valence-electron chi connectivity index (χ2n) is 6.54. The third kappa shape index (κ3) is 3.94. The largest absolute Gasteiger partial charge is 0.345 e. The molecule has 6 nitrogen and oxygen atoms in total. The third-order valence-corrected chi connectivity index (χ3v) is 5.03. The van der Waals surface area contributed by atoms with Gasteiger partial charge in [0.2, 0.25) is 5.91 Å². The number of carbonyl (C=O) groups is 2. The Balaban J connectivity index is 1.69. The number of carbonyl (C=O) groups excluding carboxylic acids is 2. The maximum Gasteiger partial charge on any atom is 0.262 e. The predicted octanol–water partition coefficient (Wildman–Crippen LogP) is 3.26. The van der Waals surface area contributed by atoms with E-state index in [0.717, 1.165) is 11.0 Å². The van der Waals surface area contributed by atoms with E-state index in [1.165, 1.54) is 11.3 Å². The van der Waals surface area contributed by atoms with E-state index in [9.17, 15) is 9.59 Å². The van der Waals surface area contributed by atoms with Crippen molar-refractivity contribution in [2.75, 3.05) is 0 Å². The standard InChI is InChI=1S/C19H22N4O2S/c1-11(2)16(23-18(24)15-9-6-10-26-15)19(25)20-12(3)17-21-13-7-4-5-8-14(13)22-17/h4-12,16H,1-3H3,(H,20,25)(H,21,22)(H,23,24)/t12-,16-/m0/s1. The van der Waals surface area contributed by atoms with Gasteiger partial charge in [-0.05, 0) is 36.4 Å². The number of rotatable bonds is 6. The van der Waals surface area contributed by atoms with Crippen LogP contribution in [-0.2, 0) is 4.79 Å². The summed E-state index contributed by atoms with van der Waals surface area (Å²) >= 11 is 1.35. The van der Waals surface area contributed by atoms with Crippen molar-refractivity contribution in [3.63, 3.8) is 0 Å². The molecule has 3 rings (SSSR count).